The summed E-state index contributed by atoms with van der Waals surface area (Å²) in [5.41, 5.74) is 3.52. The van der Waals surface area contributed by atoms with Gasteiger partial charge in [-0.05, 0) is 76.4 Å². The lowest BCUT2D eigenvalue weighted by Crippen LogP contribution is -2.56. The van der Waals surface area contributed by atoms with Crippen molar-refractivity contribution in [2.24, 2.45) is 0 Å². The summed E-state index contributed by atoms with van der Waals surface area (Å²) in [5, 5.41) is 14.1. The molecule has 0 fully saturated rings. The maximum Gasteiger partial charge on any atom is 0.416 e. The van der Waals surface area contributed by atoms with E-state index in [1.54, 1.807) is 0 Å². The fraction of sp³-hybridized carbons (Fsp3) is 0.382. The van der Waals surface area contributed by atoms with Crippen molar-refractivity contribution in [3.63, 3.8) is 0 Å². The predicted molar refractivity (Wildman–Crippen MR) is 170 cm³/mol. The highest BCUT2D eigenvalue weighted by molar-refractivity contribution is 6.01. The number of halogens is 3. The maximum atomic E-state index is 13.5. The molecular formula is C34H42F3N5O3. The molecule has 0 saturated heterocycles. The molecule has 0 aromatic heterocycles. The zero-order valence-electron chi connectivity index (χ0n) is 26.5. The number of rotatable bonds is 12. The highest BCUT2D eigenvalue weighted by atomic mass is 19.4. The number of amides is 3. The standard InChI is InChI=1S/C34H42F3N5O3/c1-21-8-7-9-24(15-21)17-39-28-13-12-26(34(35,36)37)16-27(28)31(44)40-20-30(43)41-29(32(45)42-33(4,5)6)19-38-18-25-11-10-22(2)14-23(25)3/h7-16,29,38-39H,17-20H2,1-6H3,(H,40,44)(H,41,43)(H,42,45). The van der Waals surface area contributed by atoms with E-state index < -0.39 is 47.6 Å². The van der Waals surface area contributed by atoms with Gasteiger partial charge >= 0.3 is 6.18 Å². The third kappa shape index (κ3) is 11.2. The number of hydrogen-bond acceptors (Lipinski definition) is 5. The molecule has 5 N–H and O–H groups in total. The molecule has 3 aromatic carbocycles. The van der Waals surface area contributed by atoms with Gasteiger partial charge < -0.3 is 26.6 Å². The highest BCUT2D eigenvalue weighted by Crippen LogP contribution is 2.32. The average Bonchev–Trinajstić information content (AvgIpc) is 2.94. The van der Waals surface area contributed by atoms with Crippen LogP contribution >= 0.6 is 0 Å². The van der Waals surface area contributed by atoms with Crippen LogP contribution in [0.15, 0.2) is 60.7 Å². The first kappa shape index (κ1) is 35.1. The van der Waals surface area contributed by atoms with Crippen LogP contribution < -0.4 is 26.6 Å². The van der Waals surface area contributed by atoms with E-state index in [9.17, 15) is 27.6 Å². The topological polar surface area (TPSA) is 111 Å². The lowest BCUT2D eigenvalue weighted by atomic mass is 10.1. The number of nitrogens with one attached hydrogen (secondary N) is 5. The van der Waals surface area contributed by atoms with Gasteiger partial charge in [0.15, 0.2) is 0 Å². The summed E-state index contributed by atoms with van der Waals surface area (Å²) in [5.74, 6) is -1.96. The van der Waals surface area contributed by atoms with Gasteiger partial charge in [-0.3, -0.25) is 14.4 Å². The summed E-state index contributed by atoms with van der Waals surface area (Å²) in [6.45, 7) is 11.6. The van der Waals surface area contributed by atoms with Crippen LogP contribution in [0.5, 0.6) is 0 Å². The molecular weight excluding hydrogens is 583 g/mol. The molecule has 0 bridgehead atoms. The summed E-state index contributed by atoms with van der Waals surface area (Å²) >= 11 is 0. The normalized spacial score (nSPS) is 12.3. The molecule has 1 atom stereocenters. The summed E-state index contributed by atoms with van der Waals surface area (Å²) < 4.78 is 40.5. The Bertz CT molecular complexity index is 1520. The first-order valence-electron chi connectivity index (χ1n) is 14.7. The van der Waals surface area contributed by atoms with Gasteiger partial charge in [0, 0.05) is 30.9 Å². The quantitative estimate of drug-likeness (QED) is 0.191. The molecule has 11 heteroatoms. The summed E-state index contributed by atoms with van der Waals surface area (Å²) in [6.07, 6.45) is -4.67. The Morgan fingerprint density at radius 1 is 0.844 bits per heavy atom. The van der Waals surface area contributed by atoms with Crippen LogP contribution in [-0.2, 0) is 28.9 Å². The third-order valence-corrected chi connectivity index (χ3v) is 6.88. The van der Waals surface area contributed by atoms with E-state index in [2.05, 4.69) is 32.7 Å². The van der Waals surface area contributed by atoms with E-state index in [0.29, 0.717) is 6.54 Å². The Morgan fingerprint density at radius 2 is 1.56 bits per heavy atom. The van der Waals surface area contributed by atoms with Gasteiger partial charge in [0.2, 0.25) is 11.8 Å². The second-order valence-electron chi connectivity index (χ2n) is 12.2. The summed E-state index contributed by atoms with van der Waals surface area (Å²) in [4.78, 5) is 39.1. The number of carbonyl (C=O) groups excluding carboxylic acids is 3. The Kier molecular flexibility index (Phi) is 11.8. The molecule has 0 aliphatic rings. The molecule has 0 heterocycles. The monoisotopic (exact) mass is 625 g/mol. The summed E-state index contributed by atoms with van der Waals surface area (Å²) in [6, 6.07) is 15.5. The van der Waals surface area contributed by atoms with Gasteiger partial charge in [0.1, 0.15) is 6.04 Å². The number of benzene rings is 3. The van der Waals surface area contributed by atoms with Crippen molar-refractivity contribution >= 4 is 23.4 Å². The number of anilines is 1. The molecule has 0 radical (unpaired) electrons. The van der Waals surface area contributed by atoms with Crippen molar-refractivity contribution in [1.29, 1.82) is 0 Å². The van der Waals surface area contributed by atoms with E-state index in [1.807, 2.05) is 77.9 Å². The number of alkyl halides is 3. The fourth-order valence-electron chi connectivity index (χ4n) is 4.64. The number of aryl methyl sites for hydroxylation is 3. The van der Waals surface area contributed by atoms with Crippen LogP contribution in [0.3, 0.4) is 0 Å². The Balaban J connectivity index is 1.69. The zero-order chi connectivity index (χ0) is 33.4. The van der Waals surface area contributed by atoms with Gasteiger partial charge in [0.05, 0.1) is 17.7 Å². The van der Waals surface area contributed by atoms with Crippen molar-refractivity contribution in [3.05, 3.63) is 99.6 Å². The number of hydrogen-bond donors (Lipinski definition) is 5. The van der Waals surface area contributed by atoms with Crippen molar-refractivity contribution in [3.8, 4) is 0 Å². The molecule has 45 heavy (non-hydrogen) atoms. The van der Waals surface area contributed by atoms with Gasteiger partial charge in [-0.1, -0.05) is 53.6 Å². The van der Waals surface area contributed by atoms with E-state index in [-0.39, 0.29) is 24.3 Å². The lowest BCUT2D eigenvalue weighted by Gasteiger charge is -2.26. The van der Waals surface area contributed by atoms with Crippen LogP contribution in [0, 0.1) is 20.8 Å². The van der Waals surface area contributed by atoms with Crippen molar-refractivity contribution < 1.29 is 27.6 Å². The van der Waals surface area contributed by atoms with Crippen LogP contribution in [0.1, 0.15) is 64.5 Å². The molecule has 3 aromatic rings. The van der Waals surface area contributed by atoms with Crippen LogP contribution in [-0.4, -0.2) is 42.4 Å². The SMILES string of the molecule is Cc1cccc(CNc2ccc(C(F)(F)F)cc2C(=O)NCC(=O)NC(CNCc2ccc(C)cc2C)C(=O)NC(C)(C)C)c1. The third-order valence-electron chi connectivity index (χ3n) is 6.88. The van der Waals surface area contributed by atoms with Crippen molar-refractivity contribution in [2.75, 3.05) is 18.4 Å². The average molecular weight is 626 g/mol. The smallest absolute Gasteiger partial charge is 0.380 e. The maximum absolute atomic E-state index is 13.5. The molecule has 242 valence electrons. The van der Waals surface area contributed by atoms with Gasteiger partial charge in [0.25, 0.3) is 5.91 Å². The van der Waals surface area contributed by atoms with E-state index in [4.69, 9.17) is 0 Å². The summed E-state index contributed by atoms with van der Waals surface area (Å²) in [7, 11) is 0. The second kappa shape index (κ2) is 15.1. The van der Waals surface area contributed by atoms with E-state index in [0.717, 1.165) is 39.9 Å². The van der Waals surface area contributed by atoms with E-state index >= 15 is 0 Å². The first-order chi connectivity index (χ1) is 21.0. The van der Waals surface area contributed by atoms with E-state index in [1.165, 1.54) is 6.07 Å². The van der Waals surface area contributed by atoms with Crippen molar-refractivity contribution in [2.45, 2.75) is 72.4 Å². The van der Waals surface area contributed by atoms with Crippen LogP contribution in [0.2, 0.25) is 0 Å². The predicted octanol–water partition coefficient (Wildman–Crippen LogP) is 5.16. The molecule has 1 unspecified atom stereocenters. The Labute approximate surface area is 262 Å². The van der Waals surface area contributed by atoms with Gasteiger partial charge in [-0.2, -0.15) is 13.2 Å². The Morgan fingerprint density at radius 3 is 2.20 bits per heavy atom. The second-order valence-corrected chi connectivity index (χ2v) is 12.2. The molecule has 0 spiro atoms. The minimum Gasteiger partial charge on any atom is -0.380 e. The van der Waals surface area contributed by atoms with Crippen molar-refractivity contribution in [1.82, 2.24) is 21.3 Å². The minimum atomic E-state index is -4.67. The molecule has 0 aliphatic heterocycles. The molecule has 8 nitrogen and oxygen atoms in total. The van der Waals surface area contributed by atoms with Crippen LogP contribution in [0.25, 0.3) is 0 Å². The largest absolute Gasteiger partial charge is 0.416 e. The molecule has 0 aliphatic carbocycles. The first-order valence-corrected chi connectivity index (χ1v) is 14.7. The van der Waals surface area contributed by atoms with Gasteiger partial charge in [-0.15, -0.1) is 0 Å². The minimum absolute atomic E-state index is 0.107. The Hall–Kier alpha value is -4.38. The molecule has 0 saturated carbocycles. The zero-order valence-corrected chi connectivity index (χ0v) is 26.5. The number of carbonyl (C=O) groups is 3. The fourth-order valence-corrected chi connectivity index (χ4v) is 4.64. The highest BCUT2D eigenvalue weighted by Gasteiger charge is 2.32. The molecule has 3 amide bonds. The lowest BCUT2D eigenvalue weighted by molar-refractivity contribution is -0.137. The molecule has 3 rings (SSSR count). The van der Waals surface area contributed by atoms with Gasteiger partial charge in [-0.25, -0.2) is 0 Å². The van der Waals surface area contributed by atoms with Crippen LogP contribution in [0.4, 0.5) is 18.9 Å².